The third-order valence-corrected chi connectivity index (χ3v) is 3.27. The molecule has 0 atom stereocenters. The second-order valence-corrected chi connectivity index (χ2v) is 4.43. The Balaban J connectivity index is 2.12. The van der Waals surface area contributed by atoms with Crippen LogP contribution < -0.4 is 4.73 Å². The molecule has 0 amide bonds. The number of rotatable bonds is 1. The van der Waals surface area contributed by atoms with Crippen LogP contribution in [0.2, 0.25) is 0 Å². The Morgan fingerprint density at radius 3 is 2.68 bits per heavy atom. The van der Waals surface area contributed by atoms with E-state index in [1.807, 2.05) is 42.5 Å². The van der Waals surface area contributed by atoms with E-state index < -0.39 is 0 Å². The molecule has 4 aromatic rings. The molecule has 0 fully saturated rings. The van der Waals surface area contributed by atoms with Gasteiger partial charge in [-0.3, -0.25) is 0 Å². The third-order valence-electron chi connectivity index (χ3n) is 3.27. The van der Waals surface area contributed by atoms with Crippen LogP contribution in [0.15, 0.2) is 65.6 Å². The lowest BCUT2D eigenvalue weighted by atomic mass is 10.1. The number of imidazole rings is 1. The molecule has 2 aromatic carbocycles. The summed E-state index contributed by atoms with van der Waals surface area (Å²) in [6.45, 7) is 0. The zero-order valence-corrected chi connectivity index (χ0v) is 9.98. The van der Waals surface area contributed by atoms with Crippen LogP contribution in [0.5, 0.6) is 0 Å². The van der Waals surface area contributed by atoms with Gasteiger partial charge in [0.25, 0.3) is 6.33 Å². The summed E-state index contributed by atoms with van der Waals surface area (Å²) in [5, 5.41) is 13.4. The standard InChI is InChI=1S/C15H10N2O2/c18-17-9-8-16(10-17)13-6-3-5-12-11-4-1-2-7-14(11)19-15(12)13/h1-10H. The van der Waals surface area contributed by atoms with Crippen LogP contribution in [0.4, 0.5) is 0 Å². The number of hydrogen-bond acceptors (Lipinski definition) is 2. The Bertz CT molecular complexity index is 889. The molecule has 0 radical (unpaired) electrons. The molecule has 2 aromatic heterocycles. The molecule has 2 heterocycles. The van der Waals surface area contributed by atoms with E-state index in [2.05, 4.69) is 0 Å². The summed E-state index contributed by atoms with van der Waals surface area (Å²) in [5.41, 5.74) is 2.51. The van der Waals surface area contributed by atoms with Gasteiger partial charge in [-0.15, -0.1) is 0 Å². The van der Waals surface area contributed by atoms with Crippen molar-refractivity contribution in [2.75, 3.05) is 0 Å². The van der Waals surface area contributed by atoms with Gasteiger partial charge in [-0.2, -0.15) is 4.57 Å². The summed E-state index contributed by atoms with van der Waals surface area (Å²) in [7, 11) is 0. The summed E-state index contributed by atoms with van der Waals surface area (Å²) in [6.07, 6.45) is 4.65. The van der Waals surface area contributed by atoms with Crippen molar-refractivity contribution in [1.29, 1.82) is 0 Å². The van der Waals surface area contributed by atoms with Crippen LogP contribution in [0, 0.1) is 5.21 Å². The third kappa shape index (κ3) is 1.43. The van der Waals surface area contributed by atoms with Gasteiger partial charge in [0.15, 0.2) is 11.3 Å². The highest BCUT2D eigenvalue weighted by Gasteiger charge is 2.14. The summed E-state index contributed by atoms with van der Waals surface area (Å²) in [6, 6.07) is 13.9. The highest BCUT2D eigenvalue weighted by atomic mass is 16.5. The highest BCUT2D eigenvalue weighted by Crippen LogP contribution is 2.32. The maximum Gasteiger partial charge on any atom is 0.252 e. The maximum atomic E-state index is 11.2. The van der Waals surface area contributed by atoms with Gasteiger partial charge in [-0.25, -0.2) is 4.73 Å². The molecule has 92 valence electrons. The van der Waals surface area contributed by atoms with E-state index in [1.54, 1.807) is 10.8 Å². The molecule has 4 nitrogen and oxygen atoms in total. The van der Waals surface area contributed by atoms with Crippen LogP contribution >= 0.6 is 0 Å². The average molecular weight is 250 g/mol. The lowest BCUT2D eigenvalue weighted by Crippen LogP contribution is -2.21. The average Bonchev–Trinajstić information content (AvgIpc) is 3.02. The molecule has 4 heteroatoms. The minimum Gasteiger partial charge on any atom is -0.711 e. The van der Waals surface area contributed by atoms with Gasteiger partial charge in [0.2, 0.25) is 0 Å². The number of benzene rings is 2. The molecule has 4 rings (SSSR count). The Labute approximate surface area is 108 Å². The summed E-state index contributed by atoms with van der Waals surface area (Å²) in [4.78, 5) is 0. The van der Waals surface area contributed by atoms with E-state index in [9.17, 15) is 5.21 Å². The molecule has 0 N–H and O–H groups in total. The number of para-hydroxylation sites is 2. The van der Waals surface area contributed by atoms with Gasteiger partial charge in [0.1, 0.15) is 18.0 Å². The monoisotopic (exact) mass is 250 g/mol. The number of nitrogens with zero attached hydrogens (tertiary/aromatic N) is 2. The van der Waals surface area contributed by atoms with Crippen molar-refractivity contribution in [2.24, 2.45) is 0 Å². The van der Waals surface area contributed by atoms with Crippen molar-refractivity contribution in [3.8, 4) is 5.69 Å². The lowest BCUT2D eigenvalue weighted by molar-refractivity contribution is -0.604. The Morgan fingerprint density at radius 1 is 1.00 bits per heavy atom. The highest BCUT2D eigenvalue weighted by molar-refractivity contribution is 6.07. The minimum absolute atomic E-state index is 0.765. The topological polar surface area (TPSA) is 45.0 Å². The van der Waals surface area contributed by atoms with Crippen LogP contribution in [0.25, 0.3) is 27.6 Å². The molecule has 0 saturated carbocycles. The smallest absolute Gasteiger partial charge is 0.252 e. The number of aromatic nitrogens is 2. The van der Waals surface area contributed by atoms with E-state index >= 15 is 0 Å². The number of furan rings is 1. The van der Waals surface area contributed by atoms with E-state index in [-0.39, 0.29) is 0 Å². The van der Waals surface area contributed by atoms with E-state index in [1.165, 1.54) is 12.5 Å². The Kier molecular flexibility index (Phi) is 1.94. The molecule has 0 aliphatic heterocycles. The van der Waals surface area contributed by atoms with Gasteiger partial charge in [0.05, 0.1) is 0 Å². The fourth-order valence-electron chi connectivity index (χ4n) is 2.42. The summed E-state index contributed by atoms with van der Waals surface area (Å²) in [5.74, 6) is 0. The Hall–Kier alpha value is -2.75. The second kappa shape index (κ2) is 3.62. The first-order valence-corrected chi connectivity index (χ1v) is 6.00. The molecule has 0 bridgehead atoms. The quantitative estimate of drug-likeness (QED) is 0.385. The SMILES string of the molecule is [O-][n+]1ccn(-c2cccc3c2oc2ccccc23)c1. The predicted molar refractivity (Wildman–Crippen MR) is 72.0 cm³/mol. The summed E-state index contributed by atoms with van der Waals surface area (Å²) < 4.78 is 8.44. The van der Waals surface area contributed by atoms with E-state index in [0.29, 0.717) is 0 Å². The first kappa shape index (κ1) is 10.2. The number of hydrogen-bond donors (Lipinski definition) is 0. The fraction of sp³-hybridized carbons (Fsp3) is 0. The van der Waals surface area contributed by atoms with Gasteiger partial charge in [-0.1, -0.05) is 30.3 Å². The molecular formula is C15H10N2O2. The zero-order valence-electron chi connectivity index (χ0n) is 9.98. The molecule has 0 saturated heterocycles. The Morgan fingerprint density at radius 2 is 1.84 bits per heavy atom. The van der Waals surface area contributed by atoms with E-state index in [0.717, 1.165) is 32.4 Å². The first-order chi connectivity index (χ1) is 9.33. The van der Waals surface area contributed by atoms with Gasteiger partial charge >= 0.3 is 0 Å². The minimum atomic E-state index is 0.765. The van der Waals surface area contributed by atoms with Crippen molar-refractivity contribution in [1.82, 2.24) is 4.57 Å². The second-order valence-electron chi connectivity index (χ2n) is 4.43. The van der Waals surface area contributed by atoms with E-state index in [4.69, 9.17) is 4.42 Å². The number of fused-ring (bicyclic) bond motifs is 3. The molecular weight excluding hydrogens is 240 g/mol. The van der Waals surface area contributed by atoms with Crippen LogP contribution in [-0.4, -0.2) is 4.57 Å². The van der Waals surface area contributed by atoms with Crippen molar-refractivity contribution in [3.05, 3.63) is 66.4 Å². The van der Waals surface area contributed by atoms with Crippen molar-refractivity contribution < 1.29 is 9.15 Å². The van der Waals surface area contributed by atoms with Crippen LogP contribution in [0.3, 0.4) is 0 Å². The van der Waals surface area contributed by atoms with Crippen LogP contribution in [0.1, 0.15) is 0 Å². The summed E-state index contributed by atoms with van der Waals surface area (Å²) >= 11 is 0. The maximum absolute atomic E-state index is 11.2. The van der Waals surface area contributed by atoms with Crippen molar-refractivity contribution in [3.63, 3.8) is 0 Å². The molecule has 19 heavy (non-hydrogen) atoms. The van der Waals surface area contributed by atoms with Gasteiger partial charge in [-0.05, 0) is 12.1 Å². The molecule has 0 unspecified atom stereocenters. The molecule has 0 aliphatic rings. The van der Waals surface area contributed by atoms with Crippen LogP contribution in [-0.2, 0) is 0 Å². The lowest BCUT2D eigenvalue weighted by Gasteiger charge is -1.97. The van der Waals surface area contributed by atoms with Gasteiger partial charge in [0, 0.05) is 10.8 Å². The van der Waals surface area contributed by atoms with Gasteiger partial charge < -0.3 is 9.62 Å². The predicted octanol–water partition coefficient (Wildman–Crippen LogP) is 3.01. The fourth-order valence-corrected chi connectivity index (χ4v) is 2.42. The molecule has 0 aliphatic carbocycles. The largest absolute Gasteiger partial charge is 0.711 e. The first-order valence-electron chi connectivity index (χ1n) is 6.00. The van der Waals surface area contributed by atoms with Crippen molar-refractivity contribution >= 4 is 21.9 Å². The normalized spacial score (nSPS) is 11.4. The van der Waals surface area contributed by atoms with Crippen molar-refractivity contribution in [2.45, 2.75) is 0 Å². The molecule has 0 spiro atoms. The zero-order chi connectivity index (χ0) is 12.8.